The van der Waals surface area contributed by atoms with Gasteiger partial charge in [-0.25, -0.2) is 12.8 Å². The quantitative estimate of drug-likeness (QED) is 0.722. The van der Waals surface area contributed by atoms with Gasteiger partial charge in [0, 0.05) is 39.0 Å². The van der Waals surface area contributed by atoms with Gasteiger partial charge in [0.05, 0.1) is 4.90 Å². The fourth-order valence-corrected chi connectivity index (χ4v) is 4.87. The van der Waals surface area contributed by atoms with E-state index >= 15 is 0 Å². The zero-order chi connectivity index (χ0) is 21.0. The van der Waals surface area contributed by atoms with Crippen molar-refractivity contribution >= 4 is 38.3 Å². The highest BCUT2D eigenvalue weighted by Crippen LogP contribution is 2.19. The Kier molecular flexibility index (Phi) is 6.55. The van der Waals surface area contributed by atoms with Crippen LogP contribution >= 0.6 is 11.3 Å². The molecule has 0 aliphatic carbocycles. The van der Waals surface area contributed by atoms with E-state index in [0.29, 0.717) is 5.13 Å². The second kappa shape index (κ2) is 8.93. The third-order valence-corrected chi connectivity index (χ3v) is 7.05. The van der Waals surface area contributed by atoms with E-state index in [4.69, 9.17) is 0 Å². The van der Waals surface area contributed by atoms with Crippen LogP contribution in [0.1, 0.15) is 17.8 Å². The maximum absolute atomic E-state index is 13.0. The van der Waals surface area contributed by atoms with Crippen molar-refractivity contribution < 1.29 is 22.4 Å². The summed E-state index contributed by atoms with van der Waals surface area (Å²) in [7, 11) is -3.73. The number of benzene rings is 1. The Morgan fingerprint density at radius 2 is 1.76 bits per heavy atom. The van der Waals surface area contributed by atoms with E-state index in [1.54, 1.807) is 11.8 Å². The number of nitrogens with zero attached hydrogens (tertiary/aromatic N) is 4. The maximum Gasteiger partial charge on any atom is 0.243 e. The smallest absolute Gasteiger partial charge is 0.243 e. The van der Waals surface area contributed by atoms with Crippen molar-refractivity contribution in [3.63, 3.8) is 0 Å². The highest BCUT2D eigenvalue weighted by Gasteiger charge is 2.30. The minimum Gasteiger partial charge on any atom is -0.340 e. The average molecular weight is 442 g/mol. The third-order valence-electron chi connectivity index (χ3n) is 4.38. The second-order valence-corrected chi connectivity index (χ2v) is 9.53. The molecule has 156 valence electrons. The molecular formula is C17H20FN5O4S2. The first-order chi connectivity index (χ1) is 13.8. The molecule has 0 saturated carbocycles. The lowest BCUT2D eigenvalue weighted by Gasteiger charge is -2.34. The van der Waals surface area contributed by atoms with Crippen LogP contribution in [0.25, 0.3) is 0 Å². The molecule has 12 heteroatoms. The monoisotopic (exact) mass is 441 g/mol. The number of aromatic nitrogens is 2. The second-order valence-electron chi connectivity index (χ2n) is 6.41. The normalized spacial score (nSPS) is 15.3. The molecule has 2 amide bonds. The summed E-state index contributed by atoms with van der Waals surface area (Å²) < 4.78 is 39.5. The SMILES string of the molecule is Cc1nnc(NC(=O)CCC(=O)N2CCN(S(=O)(=O)c3ccc(F)cc3)CC2)s1. The number of amides is 2. The summed E-state index contributed by atoms with van der Waals surface area (Å²) in [5.41, 5.74) is 0. The first-order valence-electron chi connectivity index (χ1n) is 8.89. The van der Waals surface area contributed by atoms with Crippen LogP contribution in [0.5, 0.6) is 0 Å². The standard InChI is InChI=1S/C17H20FN5O4S2/c1-12-20-21-17(28-12)19-15(24)6-7-16(25)22-8-10-23(11-9-22)29(26,27)14-4-2-13(18)3-5-14/h2-5H,6-11H2,1H3,(H,19,21,24). The Balaban J connectivity index is 1.47. The molecule has 2 heterocycles. The minimum atomic E-state index is -3.73. The predicted molar refractivity (Wildman–Crippen MR) is 104 cm³/mol. The van der Waals surface area contributed by atoms with Crippen molar-refractivity contribution in [1.29, 1.82) is 0 Å². The molecule has 1 N–H and O–H groups in total. The zero-order valence-electron chi connectivity index (χ0n) is 15.7. The molecule has 1 aliphatic heterocycles. The minimum absolute atomic E-state index is 0.00551. The number of hydrogen-bond donors (Lipinski definition) is 1. The van der Waals surface area contributed by atoms with Gasteiger partial charge in [-0.15, -0.1) is 10.2 Å². The molecule has 1 aromatic carbocycles. The summed E-state index contributed by atoms with van der Waals surface area (Å²) in [6, 6.07) is 4.64. The van der Waals surface area contributed by atoms with Gasteiger partial charge in [-0.3, -0.25) is 9.59 Å². The number of piperazine rings is 1. The summed E-state index contributed by atoms with van der Waals surface area (Å²) in [5.74, 6) is -1.05. The molecule has 1 saturated heterocycles. The summed E-state index contributed by atoms with van der Waals surface area (Å²) in [5, 5.41) is 11.3. The summed E-state index contributed by atoms with van der Waals surface area (Å²) in [6.07, 6.45) is 0.0277. The molecule has 1 fully saturated rings. The molecule has 0 radical (unpaired) electrons. The summed E-state index contributed by atoms with van der Waals surface area (Å²) >= 11 is 1.25. The van der Waals surface area contributed by atoms with E-state index < -0.39 is 15.8 Å². The topological polar surface area (TPSA) is 113 Å². The van der Waals surface area contributed by atoms with E-state index in [0.717, 1.165) is 17.1 Å². The summed E-state index contributed by atoms with van der Waals surface area (Å²) in [6.45, 7) is 2.52. The van der Waals surface area contributed by atoms with Crippen LogP contribution in [-0.2, 0) is 19.6 Å². The van der Waals surface area contributed by atoms with Gasteiger partial charge in [-0.2, -0.15) is 4.31 Å². The maximum atomic E-state index is 13.0. The highest BCUT2D eigenvalue weighted by molar-refractivity contribution is 7.89. The molecule has 0 atom stereocenters. The third kappa shape index (κ3) is 5.34. The molecule has 9 nitrogen and oxygen atoms in total. The van der Waals surface area contributed by atoms with Gasteiger partial charge in [0.15, 0.2) is 0 Å². The molecule has 0 bridgehead atoms. The fourth-order valence-electron chi connectivity index (χ4n) is 2.84. The fraction of sp³-hybridized carbons (Fsp3) is 0.412. The van der Waals surface area contributed by atoms with E-state index in [-0.39, 0.29) is 55.7 Å². The Bertz CT molecular complexity index is 986. The number of anilines is 1. The van der Waals surface area contributed by atoms with Crippen LogP contribution in [0, 0.1) is 12.7 Å². The zero-order valence-corrected chi connectivity index (χ0v) is 17.3. The number of aryl methyl sites for hydroxylation is 1. The van der Waals surface area contributed by atoms with Crippen molar-refractivity contribution in [1.82, 2.24) is 19.4 Å². The van der Waals surface area contributed by atoms with Crippen LogP contribution in [-0.4, -0.2) is 65.8 Å². The summed E-state index contributed by atoms with van der Waals surface area (Å²) in [4.78, 5) is 25.8. The molecule has 0 spiro atoms. The molecule has 1 aromatic heterocycles. The van der Waals surface area contributed by atoms with Crippen molar-refractivity contribution in [3.05, 3.63) is 35.1 Å². The Morgan fingerprint density at radius 3 is 2.34 bits per heavy atom. The molecule has 0 unspecified atom stereocenters. The van der Waals surface area contributed by atoms with Gasteiger partial charge in [0.25, 0.3) is 0 Å². The predicted octanol–water partition coefficient (Wildman–Crippen LogP) is 1.24. The number of sulfonamides is 1. The molecular weight excluding hydrogens is 421 g/mol. The first-order valence-corrected chi connectivity index (χ1v) is 11.1. The molecule has 1 aliphatic rings. The molecule has 2 aromatic rings. The number of rotatable bonds is 6. The van der Waals surface area contributed by atoms with Crippen LogP contribution in [0.15, 0.2) is 29.2 Å². The van der Waals surface area contributed by atoms with Crippen LogP contribution in [0.4, 0.5) is 9.52 Å². The Hall–Kier alpha value is -2.44. The van der Waals surface area contributed by atoms with Gasteiger partial charge in [-0.05, 0) is 31.2 Å². The Labute approximate surface area is 171 Å². The lowest BCUT2D eigenvalue weighted by Crippen LogP contribution is -2.50. The van der Waals surface area contributed by atoms with Crippen molar-refractivity contribution in [2.75, 3.05) is 31.5 Å². The van der Waals surface area contributed by atoms with Crippen molar-refractivity contribution in [2.45, 2.75) is 24.7 Å². The van der Waals surface area contributed by atoms with E-state index in [1.807, 2.05) is 0 Å². The molecule has 29 heavy (non-hydrogen) atoms. The largest absolute Gasteiger partial charge is 0.340 e. The Morgan fingerprint density at radius 1 is 1.10 bits per heavy atom. The number of carbonyl (C=O) groups excluding carboxylic acids is 2. The number of nitrogens with one attached hydrogen (secondary N) is 1. The average Bonchev–Trinajstić information content (AvgIpc) is 3.11. The van der Waals surface area contributed by atoms with Crippen LogP contribution in [0.2, 0.25) is 0 Å². The number of halogens is 1. The van der Waals surface area contributed by atoms with Crippen molar-refractivity contribution in [3.8, 4) is 0 Å². The van der Waals surface area contributed by atoms with E-state index in [2.05, 4.69) is 15.5 Å². The number of carbonyl (C=O) groups is 2. The van der Waals surface area contributed by atoms with Crippen LogP contribution in [0.3, 0.4) is 0 Å². The number of hydrogen-bond acceptors (Lipinski definition) is 7. The van der Waals surface area contributed by atoms with Gasteiger partial charge in [-0.1, -0.05) is 11.3 Å². The lowest BCUT2D eigenvalue weighted by atomic mass is 10.2. The van der Waals surface area contributed by atoms with Gasteiger partial charge in [0.2, 0.25) is 27.0 Å². The van der Waals surface area contributed by atoms with Gasteiger partial charge >= 0.3 is 0 Å². The van der Waals surface area contributed by atoms with E-state index in [1.165, 1.54) is 27.8 Å². The van der Waals surface area contributed by atoms with E-state index in [9.17, 15) is 22.4 Å². The van der Waals surface area contributed by atoms with Gasteiger partial charge < -0.3 is 10.2 Å². The van der Waals surface area contributed by atoms with Crippen molar-refractivity contribution in [2.24, 2.45) is 0 Å². The van der Waals surface area contributed by atoms with Crippen LogP contribution < -0.4 is 5.32 Å². The highest BCUT2D eigenvalue weighted by atomic mass is 32.2. The molecule has 3 rings (SSSR count). The van der Waals surface area contributed by atoms with Gasteiger partial charge in [0.1, 0.15) is 10.8 Å². The first kappa shape index (κ1) is 21.3. The lowest BCUT2D eigenvalue weighted by molar-refractivity contribution is -0.133.